The van der Waals surface area contributed by atoms with Crippen molar-refractivity contribution in [1.29, 1.82) is 0 Å². The van der Waals surface area contributed by atoms with Crippen LogP contribution < -0.4 is 10.5 Å². The van der Waals surface area contributed by atoms with Gasteiger partial charge in [0.15, 0.2) is 0 Å². The van der Waals surface area contributed by atoms with E-state index in [4.69, 9.17) is 10.5 Å². The fourth-order valence-corrected chi connectivity index (χ4v) is 2.32. The normalized spacial score (nSPS) is 10.9. The molecule has 102 valence electrons. The zero-order chi connectivity index (χ0) is 14.1. The van der Waals surface area contributed by atoms with Crippen LogP contribution in [0.25, 0.3) is 17.0 Å². The van der Waals surface area contributed by atoms with Crippen LogP contribution in [0.3, 0.4) is 0 Å². The second-order valence-electron chi connectivity index (χ2n) is 4.29. The summed E-state index contributed by atoms with van der Waals surface area (Å²) in [4.78, 5) is 8.72. The lowest BCUT2D eigenvalue weighted by molar-refractivity contribution is 0.342. The van der Waals surface area contributed by atoms with Gasteiger partial charge in [0, 0.05) is 24.2 Å². The highest BCUT2D eigenvalue weighted by Crippen LogP contribution is 2.28. The van der Waals surface area contributed by atoms with Crippen LogP contribution >= 0.6 is 15.9 Å². The Labute approximate surface area is 124 Å². The highest BCUT2D eigenvalue weighted by molar-refractivity contribution is 9.10. The molecule has 3 aromatic rings. The molecule has 0 fully saturated rings. The molecule has 0 amide bonds. The molecule has 0 saturated heterocycles. The van der Waals surface area contributed by atoms with Gasteiger partial charge >= 0.3 is 0 Å². The first-order chi connectivity index (χ1) is 9.67. The molecule has 0 saturated carbocycles. The van der Waals surface area contributed by atoms with Crippen molar-refractivity contribution in [3.63, 3.8) is 0 Å². The summed E-state index contributed by atoms with van der Waals surface area (Å²) in [7, 11) is 0. The van der Waals surface area contributed by atoms with Gasteiger partial charge in [0.25, 0.3) is 0 Å². The van der Waals surface area contributed by atoms with Gasteiger partial charge in [-0.3, -0.25) is 4.40 Å². The van der Waals surface area contributed by atoms with Gasteiger partial charge in [-0.15, -0.1) is 0 Å². The van der Waals surface area contributed by atoms with Gasteiger partial charge in [0.2, 0.25) is 5.78 Å². The number of ether oxygens (including phenoxy) is 1. The lowest BCUT2D eigenvalue weighted by Gasteiger charge is -2.07. The van der Waals surface area contributed by atoms with Crippen molar-refractivity contribution < 1.29 is 4.74 Å². The number of nitrogens with two attached hydrogens (primary N) is 1. The number of imidazole rings is 1. The number of aromatic nitrogens is 3. The Balaban J connectivity index is 2.04. The average Bonchev–Trinajstić information content (AvgIpc) is 2.84. The second-order valence-corrected chi connectivity index (χ2v) is 5.21. The highest BCUT2D eigenvalue weighted by Gasteiger charge is 2.08. The Kier molecular flexibility index (Phi) is 3.31. The first-order valence-electron chi connectivity index (χ1n) is 6.20. The summed E-state index contributed by atoms with van der Waals surface area (Å²) in [6.07, 6.45) is 5.55. The minimum Gasteiger partial charge on any atom is -0.492 e. The number of halogens is 1. The standard InChI is InChI=1S/C14H13BrN4O/c1-2-20-13-4-3-9(5-11(13)16)12-8-19-7-10(15)6-17-14(19)18-12/h3-8H,2,16H2,1H3. The van der Waals surface area contributed by atoms with Crippen molar-refractivity contribution in [3.05, 3.63) is 41.3 Å². The van der Waals surface area contributed by atoms with Crippen molar-refractivity contribution >= 4 is 27.4 Å². The smallest absolute Gasteiger partial charge is 0.234 e. The minimum atomic E-state index is 0.593. The highest BCUT2D eigenvalue weighted by atomic mass is 79.9. The van der Waals surface area contributed by atoms with Gasteiger partial charge in [0.05, 0.1) is 22.5 Å². The van der Waals surface area contributed by atoms with E-state index in [0.717, 1.165) is 15.7 Å². The van der Waals surface area contributed by atoms with E-state index >= 15 is 0 Å². The SMILES string of the molecule is CCOc1ccc(-c2cn3cc(Br)cnc3n2)cc1N. The maximum atomic E-state index is 5.98. The molecule has 0 radical (unpaired) electrons. The first-order valence-corrected chi connectivity index (χ1v) is 6.99. The molecule has 0 unspecified atom stereocenters. The Bertz CT molecular complexity index is 769. The van der Waals surface area contributed by atoms with Crippen LogP contribution in [0, 0.1) is 0 Å². The number of fused-ring (bicyclic) bond motifs is 1. The first kappa shape index (κ1) is 12.9. The van der Waals surface area contributed by atoms with E-state index in [1.165, 1.54) is 0 Å². The number of hydrogen-bond donors (Lipinski definition) is 1. The summed E-state index contributed by atoms with van der Waals surface area (Å²) >= 11 is 3.39. The van der Waals surface area contributed by atoms with E-state index in [0.29, 0.717) is 23.8 Å². The molecule has 0 aliphatic heterocycles. The van der Waals surface area contributed by atoms with Crippen LogP contribution in [0.1, 0.15) is 6.92 Å². The number of benzene rings is 1. The molecular formula is C14H13BrN4O. The monoisotopic (exact) mass is 332 g/mol. The molecule has 0 atom stereocenters. The van der Waals surface area contributed by atoms with Crippen LogP contribution in [0.15, 0.2) is 41.3 Å². The van der Waals surface area contributed by atoms with Gasteiger partial charge in [-0.25, -0.2) is 9.97 Å². The maximum absolute atomic E-state index is 5.98. The fraction of sp³-hybridized carbons (Fsp3) is 0.143. The molecule has 20 heavy (non-hydrogen) atoms. The van der Waals surface area contributed by atoms with Crippen LogP contribution in [-0.4, -0.2) is 21.0 Å². The molecular weight excluding hydrogens is 320 g/mol. The summed E-state index contributed by atoms with van der Waals surface area (Å²) in [5, 5.41) is 0. The third-order valence-corrected chi connectivity index (χ3v) is 3.29. The van der Waals surface area contributed by atoms with E-state index in [2.05, 4.69) is 25.9 Å². The van der Waals surface area contributed by atoms with E-state index in [1.54, 1.807) is 6.20 Å². The topological polar surface area (TPSA) is 65.4 Å². The molecule has 3 rings (SSSR count). The minimum absolute atomic E-state index is 0.593. The zero-order valence-corrected chi connectivity index (χ0v) is 12.5. The number of nitrogen functional groups attached to an aromatic ring is 1. The quantitative estimate of drug-likeness (QED) is 0.748. The number of nitrogens with zero attached hydrogens (tertiary/aromatic N) is 3. The molecule has 5 nitrogen and oxygen atoms in total. The van der Waals surface area contributed by atoms with E-state index in [-0.39, 0.29) is 0 Å². The molecule has 2 heterocycles. The molecule has 0 aliphatic rings. The molecule has 1 aromatic carbocycles. The van der Waals surface area contributed by atoms with Crippen molar-refractivity contribution in [2.24, 2.45) is 0 Å². The van der Waals surface area contributed by atoms with Gasteiger partial charge in [-0.1, -0.05) is 0 Å². The van der Waals surface area contributed by atoms with Crippen LogP contribution in [0.5, 0.6) is 5.75 Å². The van der Waals surface area contributed by atoms with Gasteiger partial charge in [0.1, 0.15) is 5.75 Å². The van der Waals surface area contributed by atoms with Gasteiger partial charge < -0.3 is 10.5 Å². The van der Waals surface area contributed by atoms with Crippen LogP contribution in [0.2, 0.25) is 0 Å². The summed E-state index contributed by atoms with van der Waals surface area (Å²) in [6.45, 7) is 2.52. The lowest BCUT2D eigenvalue weighted by Crippen LogP contribution is -1.96. The van der Waals surface area contributed by atoms with E-state index in [9.17, 15) is 0 Å². The van der Waals surface area contributed by atoms with Gasteiger partial charge in [-0.2, -0.15) is 0 Å². The maximum Gasteiger partial charge on any atom is 0.234 e. The summed E-state index contributed by atoms with van der Waals surface area (Å²) < 4.78 is 8.20. The Morgan fingerprint density at radius 3 is 2.95 bits per heavy atom. The summed E-state index contributed by atoms with van der Waals surface area (Å²) in [6, 6.07) is 5.67. The predicted molar refractivity (Wildman–Crippen MR) is 81.7 cm³/mol. The Morgan fingerprint density at radius 2 is 2.20 bits per heavy atom. The van der Waals surface area contributed by atoms with Crippen LogP contribution in [0.4, 0.5) is 5.69 Å². The molecule has 2 aromatic heterocycles. The van der Waals surface area contributed by atoms with E-state index < -0.39 is 0 Å². The molecule has 0 bridgehead atoms. The molecule has 2 N–H and O–H groups in total. The fourth-order valence-electron chi connectivity index (χ4n) is 1.99. The van der Waals surface area contributed by atoms with E-state index in [1.807, 2.05) is 41.9 Å². The van der Waals surface area contributed by atoms with Crippen molar-refractivity contribution in [2.75, 3.05) is 12.3 Å². The molecule has 0 aliphatic carbocycles. The van der Waals surface area contributed by atoms with Crippen molar-refractivity contribution in [3.8, 4) is 17.0 Å². The largest absolute Gasteiger partial charge is 0.492 e. The summed E-state index contributed by atoms with van der Waals surface area (Å²) in [5.41, 5.74) is 8.35. The number of rotatable bonds is 3. The molecule has 0 spiro atoms. The zero-order valence-electron chi connectivity index (χ0n) is 10.9. The van der Waals surface area contributed by atoms with Crippen molar-refractivity contribution in [1.82, 2.24) is 14.4 Å². The lowest BCUT2D eigenvalue weighted by atomic mass is 10.1. The van der Waals surface area contributed by atoms with Crippen LogP contribution in [-0.2, 0) is 0 Å². The second kappa shape index (κ2) is 5.13. The summed E-state index contributed by atoms with van der Waals surface area (Å²) in [5.74, 6) is 1.34. The average molecular weight is 333 g/mol. The molecule has 6 heteroatoms. The Morgan fingerprint density at radius 1 is 1.35 bits per heavy atom. The number of hydrogen-bond acceptors (Lipinski definition) is 4. The number of anilines is 1. The van der Waals surface area contributed by atoms with Gasteiger partial charge in [-0.05, 0) is 41.1 Å². The Hall–Kier alpha value is -2.08. The predicted octanol–water partition coefficient (Wildman–Crippen LogP) is 3.14. The third-order valence-electron chi connectivity index (χ3n) is 2.88. The van der Waals surface area contributed by atoms with Crippen molar-refractivity contribution in [2.45, 2.75) is 6.92 Å². The third kappa shape index (κ3) is 2.34.